The SMILES string of the molecule is CN(C)c1cc(-c2ccccc2C(F)(F)F)ccc1N=[N+]=[N-]. The summed E-state index contributed by atoms with van der Waals surface area (Å²) in [6.07, 6.45) is -4.43. The Kier molecular flexibility index (Phi) is 4.28. The van der Waals surface area contributed by atoms with E-state index in [1.807, 2.05) is 0 Å². The monoisotopic (exact) mass is 306 g/mol. The molecule has 0 N–H and O–H groups in total. The first kappa shape index (κ1) is 15.7. The molecule has 2 aromatic rings. The zero-order valence-corrected chi connectivity index (χ0v) is 12.0. The van der Waals surface area contributed by atoms with E-state index in [1.54, 1.807) is 31.1 Å². The van der Waals surface area contributed by atoms with Crippen molar-refractivity contribution in [3.8, 4) is 11.1 Å². The Hall–Kier alpha value is -2.66. The van der Waals surface area contributed by atoms with Crippen LogP contribution in [-0.4, -0.2) is 14.1 Å². The van der Waals surface area contributed by atoms with E-state index >= 15 is 0 Å². The highest BCUT2D eigenvalue weighted by Gasteiger charge is 2.33. The summed E-state index contributed by atoms with van der Waals surface area (Å²) in [5.41, 5.74) is 9.27. The second kappa shape index (κ2) is 5.99. The van der Waals surface area contributed by atoms with Crippen LogP contribution in [0.4, 0.5) is 24.5 Å². The van der Waals surface area contributed by atoms with Gasteiger partial charge in [-0.2, -0.15) is 13.2 Å². The summed E-state index contributed by atoms with van der Waals surface area (Å²) in [6, 6.07) is 9.99. The van der Waals surface area contributed by atoms with E-state index in [0.29, 0.717) is 16.9 Å². The van der Waals surface area contributed by atoms with Crippen LogP contribution in [0.3, 0.4) is 0 Å². The van der Waals surface area contributed by atoms with Gasteiger partial charge in [-0.05, 0) is 34.9 Å². The van der Waals surface area contributed by atoms with E-state index in [1.165, 1.54) is 24.3 Å². The van der Waals surface area contributed by atoms with Crippen LogP contribution >= 0.6 is 0 Å². The molecule has 2 rings (SSSR count). The van der Waals surface area contributed by atoms with Crippen LogP contribution in [0.5, 0.6) is 0 Å². The predicted molar refractivity (Wildman–Crippen MR) is 80.0 cm³/mol. The third kappa shape index (κ3) is 3.15. The van der Waals surface area contributed by atoms with Gasteiger partial charge in [0.25, 0.3) is 0 Å². The number of azide groups is 1. The van der Waals surface area contributed by atoms with Crippen molar-refractivity contribution in [1.29, 1.82) is 0 Å². The smallest absolute Gasteiger partial charge is 0.377 e. The molecule has 2 aromatic carbocycles. The fourth-order valence-electron chi connectivity index (χ4n) is 2.16. The molecular weight excluding hydrogens is 293 g/mol. The van der Waals surface area contributed by atoms with Crippen molar-refractivity contribution in [2.24, 2.45) is 5.11 Å². The molecule has 4 nitrogen and oxygen atoms in total. The van der Waals surface area contributed by atoms with Gasteiger partial charge in [-0.1, -0.05) is 29.4 Å². The van der Waals surface area contributed by atoms with Crippen molar-refractivity contribution in [2.45, 2.75) is 6.18 Å². The zero-order chi connectivity index (χ0) is 16.3. The fourth-order valence-corrected chi connectivity index (χ4v) is 2.16. The van der Waals surface area contributed by atoms with Gasteiger partial charge >= 0.3 is 6.18 Å². The molecule has 0 spiro atoms. The molecular formula is C15H13F3N4. The molecule has 7 heteroatoms. The van der Waals surface area contributed by atoms with E-state index in [4.69, 9.17) is 5.53 Å². The zero-order valence-electron chi connectivity index (χ0n) is 12.0. The summed E-state index contributed by atoms with van der Waals surface area (Å²) in [7, 11) is 3.45. The van der Waals surface area contributed by atoms with Crippen molar-refractivity contribution in [3.05, 3.63) is 58.5 Å². The highest BCUT2D eigenvalue weighted by atomic mass is 19.4. The minimum Gasteiger partial charge on any atom is -0.377 e. The molecule has 0 aliphatic heterocycles. The Morgan fingerprint density at radius 1 is 1.09 bits per heavy atom. The number of hydrogen-bond donors (Lipinski definition) is 0. The van der Waals surface area contributed by atoms with Gasteiger partial charge in [-0.15, -0.1) is 0 Å². The van der Waals surface area contributed by atoms with Crippen LogP contribution in [0.1, 0.15) is 5.56 Å². The van der Waals surface area contributed by atoms with Crippen LogP contribution in [0, 0.1) is 0 Å². The standard InChI is InChI=1S/C15H13F3N4/c1-22(2)14-9-10(7-8-13(14)20-21-19)11-5-3-4-6-12(11)15(16,17)18/h3-9H,1-2H3. The molecule has 22 heavy (non-hydrogen) atoms. The van der Waals surface area contributed by atoms with Gasteiger partial charge in [0.2, 0.25) is 0 Å². The maximum atomic E-state index is 13.1. The van der Waals surface area contributed by atoms with Crippen molar-refractivity contribution >= 4 is 11.4 Å². The lowest BCUT2D eigenvalue weighted by molar-refractivity contribution is -0.137. The highest BCUT2D eigenvalue weighted by molar-refractivity contribution is 5.78. The number of nitrogens with zero attached hydrogens (tertiary/aromatic N) is 4. The Bertz CT molecular complexity index is 732. The quantitative estimate of drug-likeness (QED) is 0.426. The molecule has 114 valence electrons. The number of rotatable bonds is 3. The minimum atomic E-state index is -4.43. The van der Waals surface area contributed by atoms with Crippen molar-refractivity contribution < 1.29 is 13.2 Å². The average Bonchev–Trinajstić information content (AvgIpc) is 2.47. The van der Waals surface area contributed by atoms with Crippen LogP contribution in [-0.2, 0) is 6.18 Å². The summed E-state index contributed by atoms with van der Waals surface area (Å²) in [5.74, 6) is 0. The second-order valence-corrected chi connectivity index (χ2v) is 4.83. The Balaban J connectivity index is 2.65. The molecule has 0 saturated carbocycles. The minimum absolute atomic E-state index is 0.0885. The maximum absolute atomic E-state index is 13.1. The molecule has 0 aliphatic carbocycles. The molecule has 0 saturated heterocycles. The Labute approximate surface area is 125 Å². The molecule has 0 fully saturated rings. The van der Waals surface area contributed by atoms with E-state index in [9.17, 15) is 13.2 Å². The van der Waals surface area contributed by atoms with Crippen molar-refractivity contribution in [3.63, 3.8) is 0 Å². The fraction of sp³-hybridized carbons (Fsp3) is 0.200. The van der Waals surface area contributed by atoms with E-state index in [2.05, 4.69) is 10.0 Å². The van der Waals surface area contributed by atoms with Gasteiger partial charge in [0.1, 0.15) is 0 Å². The molecule has 0 aliphatic rings. The van der Waals surface area contributed by atoms with E-state index in [0.717, 1.165) is 6.07 Å². The van der Waals surface area contributed by atoms with Gasteiger partial charge in [-0.3, -0.25) is 0 Å². The molecule has 0 aromatic heterocycles. The summed E-state index contributed by atoms with van der Waals surface area (Å²) < 4.78 is 39.3. The summed E-state index contributed by atoms with van der Waals surface area (Å²) in [5, 5.41) is 3.55. The number of anilines is 1. The lowest BCUT2D eigenvalue weighted by atomic mass is 9.98. The molecule has 0 unspecified atom stereocenters. The van der Waals surface area contributed by atoms with E-state index in [-0.39, 0.29) is 5.56 Å². The lowest BCUT2D eigenvalue weighted by Crippen LogP contribution is -2.10. The van der Waals surface area contributed by atoms with Gasteiger partial charge in [-0.25, -0.2) is 0 Å². The average molecular weight is 306 g/mol. The lowest BCUT2D eigenvalue weighted by Gasteiger charge is -2.18. The van der Waals surface area contributed by atoms with Gasteiger partial charge in [0.15, 0.2) is 0 Å². The number of halogens is 3. The predicted octanol–water partition coefficient (Wildman–Crippen LogP) is 5.38. The number of alkyl halides is 3. The van der Waals surface area contributed by atoms with Gasteiger partial charge in [0.05, 0.1) is 11.3 Å². The number of hydrogen-bond acceptors (Lipinski definition) is 2. The Morgan fingerprint density at radius 2 is 1.77 bits per heavy atom. The van der Waals surface area contributed by atoms with Crippen LogP contribution < -0.4 is 4.90 Å². The molecule has 0 heterocycles. The second-order valence-electron chi connectivity index (χ2n) is 4.83. The maximum Gasteiger partial charge on any atom is 0.417 e. The number of benzene rings is 2. The van der Waals surface area contributed by atoms with Gasteiger partial charge in [0, 0.05) is 24.7 Å². The first-order valence-corrected chi connectivity index (χ1v) is 6.37. The van der Waals surface area contributed by atoms with Crippen LogP contribution in [0.25, 0.3) is 21.6 Å². The largest absolute Gasteiger partial charge is 0.417 e. The van der Waals surface area contributed by atoms with Crippen molar-refractivity contribution in [2.75, 3.05) is 19.0 Å². The van der Waals surface area contributed by atoms with Crippen LogP contribution in [0.2, 0.25) is 0 Å². The third-order valence-electron chi connectivity index (χ3n) is 3.15. The van der Waals surface area contributed by atoms with Crippen molar-refractivity contribution in [1.82, 2.24) is 0 Å². The van der Waals surface area contributed by atoms with Crippen LogP contribution in [0.15, 0.2) is 47.6 Å². The molecule has 0 amide bonds. The van der Waals surface area contributed by atoms with E-state index < -0.39 is 11.7 Å². The molecule has 0 atom stereocenters. The summed E-state index contributed by atoms with van der Waals surface area (Å²) >= 11 is 0. The van der Waals surface area contributed by atoms with Gasteiger partial charge < -0.3 is 4.90 Å². The Morgan fingerprint density at radius 3 is 2.36 bits per heavy atom. The topological polar surface area (TPSA) is 52.0 Å². The highest BCUT2D eigenvalue weighted by Crippen LogP contribution is 2.39. The summed E-state index contributed by atoms with van der Waals surface area (Å²) in [4.78, 5) is 4.41. The normalized spacial score (nSPS) is 11.0. The first-order valence-electron chi connectivity index (χ1n) is 6.37. The first-order chi connectivity index (χ1) is 10.3. The summed E-state index contributed by atoms with van der Waals surface area (Å²) in [6.45, 7) is 0. The molecule has 0 radical (unpaired) electrons. The third-order valence-corrected chi connectivity index (χ3v) is 3.15. The molecule has 0 bridgehead atoms.